The molecule has 3 N–H and O–H groups in total. The highest BCUT2D eigenvalue weighted by molar-refractivity contribution is 9.10. The Morgan fingerprint density at radius 3 is 3.18 bits per heavy atom. The molecule has 2 heterocycles. The van der Waals surface area contributed by atoms with Gasteiger partial charge in [-0.3, -0.25) is 0 Å². The number of hydrogen-bond donors (Lipinski definition) is 3. The molecule has 4 bridgehead atoms. The van der Waals surface area contributed by atoms with Crippen LogP contribution in [0.1, 0.15) is 12.8 Å². The molecule has 1 atom stereocenters. The van der Waals surface area contributed by atoms with Crippen LogP contribution in [0.25, 0.3) is 0 Å². The quantitative estimate of drug-likeness (QED) is 0.721. The van der Waals surface area contributed by atoms with Crippen LogP contribution in [0.15, 0.2) is 34.9 Å². The lowest BCUT2D eigenvalue weighted by Gasteiger charge is -2.18. The second-order valence-electron chi connectivity index (χ2n) is 5.06. The van der Waals surface area contributed by atoms with Crippen molar-refractivity contribution >= 4 is 33.4 Å². The molecular formula is C15H17BrN4O2. The minimum atomic E-state index is -0.0773. The van der Waals surface area contributed by atoms with Gasteiger partial charge >= 0.3 is 0 Å². The van der Waals surface area contributed by atoms with Crippen LogP contribution in [0.2, 0.25) is 0 Å². The average Bonchev–Trinajstić information content (AvgIpc) is 2.53. The minimum Gasteiger partial charge on any atom is -0.494 e. The summed E-state index contributed by atoms with van der Waals surface area (Å²) in [5, 5.41) is 15.9. The Labute approximate surface area is 137 Å². The Balaban J connectivity index is 1.94. The van der Waals surface area contributed by atoms with Crippen molar-refractivity contribution in [3.8, 4) is 5.75 Å². The number of benzene rings is 1. The monoisotopic (exact) mass is 364 g/mol. The zero-order valence-electron chi connectivity index (χ0n) is 11.9. The molecule has 3 rings (SSSR count). The van der Waals surface area contributed by atoms with Crippen LogP contribution < -0.4 is 15.4 Å². The highest BCUT2D eigenvalue weighted by atomic mass is 79.9. The molecule has 0 spiro atoms. The number of nitrogens with zero attached hydrogens (tertiary/aromatic N) is 2. The first-order chi connectivity index (χ1) is 10.7. The third kappa shape index (κ3) is 3.66. The Morgan fingerprint density at radius 2 is 2.32 bits per heavy atom. The van der Waals surface area contributed by atoms with Crippen molar-refractivity contribution in [2.75, 3.05) is 23.8 Å². The molecule has 22 heavy (non-hydrogen) atoms. The van der Waals surface area contributed by atoms with E-state index in [2.05, 4.69) is 36.5 Å². The lowest BCUT2D eigenvalue weighted by Crippen LogP contribution is -2.25. The van der Waals surface area contributed by atoms with Gasteiger partial charge in [0.25, 0.3) is 0 Å². The van der Waals surface area contributed by atoms with Crippen molar-refractivity contribution in [2.45, 2.75) is 18.9 Å². The highest BCUT2D eigenvalue weighted by Gasteiger charge is 2.13. The number of anilines is 3. The smallest absolute Gasteiger partial charge is 0.229 e. The van der Waals surface area contributed by atoms with Crippen molar-refractivity contribution in [1.82, 2.24) is 9.97 Å². The lowest BCUT2D eigenvalue weighted by molar-refractivity contribution is 0.252. The molecule has 0 amide bonds. The topological polar surface area (TPSA) is 79.3 Å². The fourth-order valence-electron chi connectivity index (χ4n) is 2.24. The standard InChI is InChI=1S/C15H17BrN4O2/c16-13-8-17-15-19-10-3-1-5-12(7-10)22-6-2-4-11(9-21)18-14(13)20-15/h1,3,5,7-8,11,21H,2,4,6,9H2,(H2,17,18,19,20). The Bertz CT molecular complexity index is 653. The van der Waals surface area contributed by atoms with Gasteiger partial charge in [0.05, 0.1) is 23.7 Å². The predicted molar refractivity (Wildman–Crippen MR) is 88.7 cm³/mol. The first kappa shape index (κ1) is 15.1. The first-order valence-corrected chi connectivity index (χ1v) is 7.94. The van der Waals surface area contributed by atoms with Crippen molar-refractivity contribution in [3.05, 3.63) is 34.9 Å². The Kier molecular flexibility index (Phi) is 4.74. The van der Waals surface area contributed by atoms with Gasteiger partial charge in [-0.05, 0) is 40.9 Å². The molecule has 1 aliphatic heterocycles. The third-order valence-electron chi connectivity index (χ3n) is 3.36. The van der Waals surface area contributed by atoms with Crippen molar-refractivity contribution < 1.29 is 9.84 Å². The summed E-state index contributed by atoms with van der Waals surface area (Å²) in [6.07, 6.45) is 3.31. The van der Waals surface area contributed by atoms with Crippen LogP contribution in [0.4, 0.5) is 17.5 Å². The number of aliphatic hydroxyl groups is 1. The van der Waals surface area contributed by atoms with E-state index in [1.165, 1.54) is 0 Å². The maximum Gasteiger partial charge on any atom is 0.229 e. The van der Waals surface area contributed by atoms with Gasteiger partial charge in [-0.1, -0.05) is 6.07 Å². The second-order valence-corrected chi connectivity index (χ2v) is 5.91. The van der Waals surface area contributed by atoms with Gasteiger partial charge in [0.2, 0.25) is 5.95 Å². The van der Waals surface area contributed by atoms with Crippen LogP contribution in [-0.2, 0) is 0 Å². The summed E-state index contributed by atoms with van der Waals surface area (Å²) >= 11 is 3.43. The van der Waals surface area contributed by atoms with Crippen LogP contribution in [0.5, 0.6) is 5.75 Å². The molecule has 0 saturated carbocycles. The summed E-state index contributed by atoms with van der Waals surface area (Å²) in [5.41, 5.74) is 0.865. The molecule has 1 aliphatic rings. The normalized spacial score (nSPS) is 17.8. The van der Waals surface area contributed by atoms with Crippen LogP contribution in [0.3, 0.4) is 0 Å². The maximum atomic E-state index is 9.51. The number of hydrogen-bond acceptors (Lipinski definition) is 6. The summed E-state index contributed by atoms with van der Waals surface area (Å²) in [6, 6.07) is 7.61. The number of nitrogens with one attached hydrogen (secondary N) is 2. The van der Waals surface area contributed by atoms with E-state index < -0.39 is 0 Å². The van der Waals surface area contributed by atoms with E-state index in [1.54, 1.807) is 6.20 Å². The molecule has 7 heteroatoms. The Morgan fingerprint density at radius 1 is 1.41 bits per heavy atom. The minimum absolute atomic E-state index is 0.0347. The summed E-state index contributed by atoms with van der Waals surface area (Å²) in [4.78, 5) is 8.71. The first-order valence-electron chi connectivity index (χ1n) is 7.14. The number of aromatic nitrogens is 2. The van der Waals surface area contributed by atoms with E-state index in [0.717, 1.165) is 28.8 Å². The zero-order chi connectivity index (χ0) is 15.4. The lowest BCUT2D eigenvalue weighted by atomic mass is 10.2. The van der Waals surface area contributed by atoms with Crippen LogP contribution >= 0.6 is 15.9 Å². The number of ether oxygens (including phenoxy) is 1. The van der Waals surface area contributed by atoms with Gasteiger partial charge in [0.15, 0.2) is 0 Å². The average molecular weight is 365 g/mol. The molecule has 6 nitrogen and oxygen atoms in total. The highest BCUT2D eigenvalue weighted by Crippen LogP contribution is 2.25. The fraction of sp³-hybridized carbons (Fsp3) is 0.333. The number of fused-ring (bicyclic) bond motifs is 4. The van der Waals surface area contributed by atoms with E-state index in [1.807, 2.05) is 24.3 Å². The summed E-state index contributed by atoms with van der Waals surface area (Å²) in [7, 11) is 0. The fourth-order valence-corrected chi connectivity index (χ4v) is 2.55. The molecule has 116 valence electrons. The SMILES string of the molecule is OCC1CCCOc2cccc(c2)Nc2ncc(Br)c(n2)N1. The van der Waals surface area contributed by atoms with Crippen molar-refractivity contribution in [2.24, 2.45) is 0 Å². The van der Waals surface area contributed by atoms with E-state index in [9.17, 15) is 5.11 Å². The molecule has 0 aliphatic carbocycles. The van der Waals surface area contributed by atoms with Crippen molar-refractivity contribution in [1.29, 1.82) is 0 Å². The van der Waals surface area contributed by atoms with Gasteiger partial charge in [-0.15, -0.1) is 0 Å². The van der Waals surface area contributed by atoms with Gasteiger partial charge in [0.1, 0.15) is 11.6 Å². The van der Waals surface area contributed by atoms with Crippen molar-refractivity contribution in [3.63, 3.8) is 0 Å². The molecule has 2 aromatic rings. The number of halogens is 1. The van der Waals surface area contributed by atoms with E-state index in [-0.39, 0.29) is 12.6 Å². The van der Waals surface area contributed by atoms with Gasteiger partial charge in [0, 0.05) is 18.0 Å². The van der Waals surface area contributed by atoms with Gasteiger partial charge < -0.3 is 20.5 Å². The van der Waals surface area contributed by atoms with Crippen LogP contribution in [0, 0.1) is 0 Å². The Hall–Kier alpha value is -1.86. The van der Waals surface area contributed by atoms with Gasteiger partial charge in [-0.2, -0.15) is 4.98 Å². The largest absolute Gasteiger partial charge is 0.494 e. The second kappa shape index (κ2) is 6.93. The number of aliphatic hydroxyl groups excluding tert-OH is 1. The van der Waals surface area contributed by atoms with Gasteiger partial charge in [-0.25, -0.2) is 4.98 Å². The van der Waals surface area contributed by atoms with E-state index >= 15 is 0 Å². The van der Waals surface area contributed by atoms with Crippen LogP contribution in [-0.4, -0.2) is 34.3 Å². The predicted octanol–water partition coefficient (Wildman–Crippen LogP) is 2.93. The maximum absolute atomic E-state index is 9.51. The summed E-state index contributed by atoms with van der Waals surface area (Å²) in [5.74, 6) is 1.95. The molecule has 1 unspecified atom stereocenters. The van der Waals surface area contributed by atoms with E-state index in [4.69, 9.17) is 4.74 Å². The molecule has 1 aromatic carbocycles. The third-order valence-corrected chi connectivity index (χ3v) is 3.94. The molecule has 0 saturated heterocycles. The summed E-state index contributed by atoms with van der Waals surface area (Å²) < 4.78 is 6.50. The number of rotatable bonds is 1. The molecule has 0 fully saturated rings. The summed E-state index contributed by atoms with van der Waals surface area (Å²) in [6.45, 7) is 0.638. The molecule has 0 radical (unpaired) electrons. The van der Waals surface area contributed by atoms with E-state index in [0.29, 0.717) is 18.4 Å². The molecular weight excluding hydrogens is 348 g/mol. The molecule has 1 aromatic heterocycles. The zero-order valence-corrected chi connectivity index (χ0v) is 13.5.